The fourth-order valence-electron chi connectivity index (χ4n) is 6.24. The number of amides is 4. The Morgan fingerprint density at radius 2 is 0.914 bits per heavy atom. The van der Waals surface area contributed by atoms with Gasteiger partial charge in [0.05, 0.1) is 14.7 Å². The Hall–Kier alpha value is -6.11. The van der Waals surface area contributed by atoms with E-state index in [2.05, 4.69) is 30.4 Å². The first-order chi connectivity index (χ1) is 31.7. The van der Waals surface area contributed by atoms with Crippen molar-refractivity contribution < 1.29 is 63.8 Å². The van der Waals surface area contributed by atoms with E-state index in [9.17, 15) is 49.2 Å². The van der Waals surface area contributed by atoms with Crippen molar-refractivity contribution in [2.24, 2.45) is 28.6 Å². The summed E-state index contributed by atoms with van der Waals surface area (Å²) in [4.78, 5) is 59.1. The van der Waals surface area contributed by atoms with Crippen LogP contribution in [0.15, 0.2) is 144 Å². The first-order valence-corrected chi connectivity index (χ1v) is 25.5. The Bertz CT molecular complexity index is 2740. The van der Waals surface area contributed by atoms with Crippen molar-refractivity contribution >= 4 is 72.4 Å². The molecule has 70 heavy (non-hydrogen) atoms. The number of carboxylic acids is 1. The van der Waals surface area contributed by atoms with Crippen LogP contribution >= 0.6 is 12.4 Å². The molecule has 0 unspecified atom stereocenters. The smallest absolute Gasteiger partial charge is 0.408 e. The molecule has 9 N–H and O–H groups in total. The SMILES string of the molecule is C=C[C@@H]1C[C@]1(N)C(=O)NS(=O)(=O)c1ccccc1.C=C[C@@H]1C[C@]1(NC(=O)OC(C)(C)C)C(=O)NS(=O)(=O)c1ccccc1.C=C[C@@H]1C[C@]1(NC(=O)OC(C)(C)C)C(=O)O.Cl.NS(=O)(=O)c1ccccc1. The van der Waals surface area contributed by atoms with Gasteiger partial charge in [0, 0.05) is 17.8 Å². The first-order valence-electron chi connectivity index (χ1n) is 21.0. The number of halogens is 1. The quantitative estimate of drug-likeness (QED) is 0.115. The molecule has 3 aliphatic rings. The topological polar surface area (TPSA) is 327 Å². The Morgan fingerprint density at radius 1 is 0.586 bits per heavy atom. The van der Waals surface area contributed by atoms with Gasteiger partial charge in [-0.2, -0.15) is 0 Å². The third-order valence-electron chi connectivity index (χ3n) is 10.2. The van der Waals surface area contributed by atoms with Crippen molar-refractivity contribution in [2.75, 3.05) is 0 Å². The summed E-state index contributed by atoms with van der Waals surface area (Å²) in [6.45, 7) is 20.9. The minimum Gasteiger partial charge on any atom is -0.479 e. The fourth-order valence-corrected chi connectivity index (χ4v) is 8.90. The molecule has 20 nitrogen and oxygen atoms in total. The number of sulfonamides is 3. The number of carbonyl (C=O) groups excluding carboxylic acids is 4. The lowest BCUT2D eigenvalue weighted by atomic mass is 10.2. The highest BCUT2D eigenvalue weighted by atomic mass is 35.5. The molecular weight excluding hydrogens is 992 g/mol. The van der Waals surface area contributed by atoms with Crippen LogP contribution in [-0.4, -0.2) is 88.1 Å². The number of primary sulfonamides is 1. The maximum absolute atomic E-state index is 12.6. The van der Waals surface area contributed by atoms with E-state index < -0.39 is 87.9 Å². The second-order valence-electron chi connectivity index (χ2n) is 18.0. The van der Waals surface area contributed by atoms with Gasteiger partial charge >= 0.3 is 18.2 Å². The second-order valence-corrected chi connectivity index (χ2v) is 23.0. The molecule has 6 atom stereocenters. The summed E-state index contributed by atoms with van der Waals surface area (Å²) in [6, 6.07) is 23.1. The minimum absolute atomic E-state index is 0. The fraction of sp³-hybridized carbons (Fsp3) is 0.370. The zero-order valence-corrected chi connectivity index (χ0v) is 42.7. The van der Waals surface area contributed by atoms with Crippen LogP contribution in [0, 0.1) is 17.8 Å². The first kappa shape index (κ1) is 60.0. The molecule has 4 amide bonds. The number of nitrogens with one attached hydrogen (secondary N) is 4. The average Bonchev–Trinajstić information content (AvgIpc) is 4.20. The predicted octanol–water partition coefficient (Wildman–Crippen LogP) is 4.65. The van der Waals surface area contributed by atoms with Gasteiger partial charge in [0.25, 0.3) is 31.9 Å². The van der Waals surface area contributed by atoms with Crippen LogP contribution in [0.3, 0.4) is 0 Å². The number of carbonyl (C=O) groups is 5. The van der Waals surface area contributed by atoms with Crippen LogP contribution < -0.4 is 31.0 Å². The lowest BCUT2D eigenvalue weighted by molar-refractivity contribution is -0.141. The van der Waals surface area contributed by atoms with Crippen molar-refractivity contribution in [3.8, 4) is 0 Å². The van der Waals surface area contributed by atoms with Gasteiger partial charge in [0.1, 0.15) is 27.8 Å². The van der Waals surface area contributed by atoms with Crippen molar-refractivity contribution in [2.45, 2.75) is 103 Å². The molecule has 0 aromatic heterocycles. The molecule has 3 aromatic rings. The number of hydrogen-bond acceptors (Lipinski definition) is 14. The average molecular weight is 1050 g/mol. The summed E-state index contributed by atoms with van der Waals surface area (Å²) in [7, 11) is -11.4. The number of nitrogens with two attached hydrogens (primary N) is 2. The summed E-state index contributed by atoms with van der Waals surface area (Å²) in [6.07, 6.45) is 4.15. The Labute approximate surface area is 415 Å². The van der Waals surface area contributed by atoms with Gasteiger partial charge in [-0.05, 0) is 97.2 Å². The number of ether oxygens (including phenoxy) is 2. The predicted molar refractivity (Wildman–Crippen MR) is 262 cm³/mol. The van der Waals surface area contributed by atoms with Gasteiger partial charge in [0.2, 0.25) is 10.0 Å². The van der Waals surface area contributed by atoms with E-state index >= 15 is 0 Å². The molecule has 3 aromatic carbocycles. The molecule has 0 radical (unpaired) electrons. The molecule has 0 saturated heterocycles. The van der Waals surface area contributed by atoms with Gasteiger partial charge in [-0.1, -0.05) is 72.8 Å². The second kappa shape index (κ2) is 23.2. The minimum atomic E-state index is -4.03. The molecule has 6 rings (SSSR count). The molecule has 384 valence electrons. The van der Waals surface area contributed by atoms with Crippen LogP contribution in [0.5, 0.6) is 0 Å². The Balaban J connectivity index is 0.000000333. The van der Waals surface area contributed by atoms with E-state index in [0.29, 0.717) is 12.8 Å². The van der Waals surface area contributed by atoms with E-state index in [1.54, 1.807) is 102 Å². The molecule has 0 spiro atoms. The maximum atomic E-state index is 12.6. The Kier molecular flexibility index (Phi) is 19.9. The van der Waals surface area contributed by atoms with Gasteiger partial charge in [-0.3, -0.25) is 9.59 Å². The maximum Gasteiger partial charge on any atom is 0.408 e. The van der Waals surface area contributed by atoms with Crippen molar-refractivity contribution in [3.05, 3.63) is 129 Å². The number of aliphatic carboxylic acids is 1. The lowest BCUT2D eigenvalue weighted by Gasteiger charge is -2.23. The zero-order valence-electron chi connectivity index (χ0n) is 39.4. The van der Waals surface area contributed by atoms with Crippen molar-refractivity contribution in [3.63, 3.8) is 0 Å². The molecular formula is C46H61ClN6O14S3. The van der Waals surface area contributed by atoms with Crippen LogP contribution in [0.4, 0.5) is 9.59 Å². The van der Waals surface area contributed by atoms with Gasteiger partial charge in [-0.25, -0.2) is 54.2 Å². The standard InChI is InChI=1S/C17H22N2O5S.C12H14N2O3S.C11H17NO4.C6H7NO2S.ClH/c1-5-12-11-17(12,18-15(21)24-16(2,3)4)14(20)19-25(22,23)13-9-7-6-8-10-13;1-2-9-8-12(9,13)11(15)14-18(16,17)10-6-4-3-5-7-10;1-5-7-6-11(7,8(13)14)12-9(15)16-10(2,3)4;7-10(8,9)6-4-2-1-3-5-6;/h5-10,12H,1,11H2,2-4H3,(H,18,21)(H,19,20);2-7,9H,1,8,13H2,(H,14,15);5,7H,1,6H2,2-4H3,(H,12,15)(H,13,14);1-5H,(H2,7,8,9);1H/t12-,17-;9-,12-;7-,11-;;/m111../s1. The summed E-state index contributed by atoms with van der Waals surface area (Å²) < 4.78 is 83.9. The van der Waals surface area contributed by atoms with Gasteiger partial charge < -0.3 is 30.9 Å². The van der Waals surface area contributed by atoms with E-state index in [0.717, 1.165) is 0 Å². The zero-order chi connectivity index (χ0) is 52.4. The number of carboxylic acid groups (broad SMARTS) is 1. The third-order valence-corrected chi connectivity index (χ3v) is 13.9. The van der Waals surface area contributed by atoms with E-state index in [4.69, 9.17) is 25.5 Å². The summed E-state index contributed by atoms with van der Waals surface area (Å²) in [5.41, 5.74) is 0.684. The van der Waals surface area contributed by atoms with Crippen LogP contribution in [0.1, 0.15) is 60.8 Å². The summed E-state index contributed by atoms with van der Waals surface area (Å²) >= 11 is 0. The highest BCUT2D eigenvalue weighted by Gasteiger charge is 2.62. The van der Waals surface area contributed by atoms with Crippen LogP contribution in [0.2, 0.25) is 0 Å². The highest BCUT2D eigenvalue weighted by Crippen LogP contribution is 2.46. The lowest BCUT2D eigenvalue weighted by Crippen LogP contribution is -2.52. The van der Waals surface area contributed by atoms with Gasteiger partial charge in [0.15, 0.2) is 0 Å². The number of hydrogen-bond donors (Lipinski definition) is 7. The van der Waals surface area contributed by atoms with Gasteiger partial charge in [-0.15, -0.1) is 32.1 Å². The molecule has 24 heteroatoms. The van der Waals surface area contributed by atoms with E-state index in [1.165, 1.54) is 48.6 Å². The molecule has 0 heterocycles. The normalized spacial score (nSPS) is 22.9. The largest absolute Gasteiger partial charge is 0.479 e. The summed E-state index contributed by atoms with van der Waals surface area (Å²) in [5, 5.41) is 18.7. The monoisotopic (exact) mass is 1050 g/mol. The van der Waals surface area contributed by atoms with Crippen molar-refractivity contribution in [1.82, 2.24) is 20.1 Å². The molecule has 3 aliphatic carbocycles. The number of rotatable bonds is 13. The van der Waals surface area contributed by atoms with E-state index in [-0.39, 0.29) is 51.3 Å². The van der Waals surface area contributed by atoms with Crippen LogP contribution in [0.25, 0.3) is 0 Å². The molecule has 3 saturated carbocycles. The number of alkyl carbamates (subject to hydrolysis) is 2. The van der Waals surface area contributed by atoms with Crippen molar-refractivity contribution in [1.29, 1.82) is 0 Å². The molecule has 0 bridgehead atoms. The number of benzene rings is 3. The molecule has 3 fully saturated rings. The highest BCUT2D eigenvalue weighted by molar-refractivity contribution is 7.90. The summed E-state index contributed by atoms with van der Waals surface area (Å²) in [5.74, 6) is -3.31. The Morgan fingerprint density at radius 3 is 1.20 bits per heavy atom. The van der Waals surface area contributed by atoms with Crippen LogP contribution in [-0.2, 0) is 53.9 Å². The molecule has 0 aliphatic heterocycles. The third kappa shape index (κ3) is 16.8. The van der Waals surface area contributed by atoms with E-state index in [1.807, 2.05) is 9.44 Å².